The van der Waals surface area contributed by atoms with Crippen LogP contribution in [0.2, 0.25) is 0 Å². The van der Waals surface area contributed by atoms with E-state index in [9.17, 15) is 14.0 Å². The molecular formula is C24H25FN2O2. The van der Waals surface area contributed by atoms with E-state index < -0.39 is 6.04 Å². The zero-order chi connectivity index (χ0) is 20.4. The Labute approximate surface area is 170 Å². The lowest BCUT2D eigenvalue weighted by molar-refractivity contribution is -0.119. The van der Waals surface area contributed by atoms with E-state index in [1.54, 1.807) is 17.0 Å². The van der Waals surface area contributed by atoms with E-state index in [1.165, 1.54) is 12.1 Å². The molecule has 0 radical (unpaired) electrons. The zero-order valence-corrected chi connectivity index (χ0v) is 16.6. The fourth-order valence-electron chi connectivity index (χ4n) is 4.22. The van der Waals surface area contributed by atoms with Crippen molar-refractivity contribution in [3.8, 4) is 0 Å². The molecule has 0 bridgehead atoms. The molecule has 1 heterocycles. The van der Waals surface area contributed by atoms with Crippen molar-refractivity contribution in [2.75, 3.05) is 10.2 Å². The minimum atomic E-state index is -0.557. The highest BCUT2D eigenvalue weighted by Gasteiger charge is 2.39. The fourth-order valence-corrected chi connectivity index (χ4v) is 4.22. The van der Waals surface area contributed by atoms with E-state index in [0.717, 1.165) is 48.3 Å². The minimum Gasteiger partial charge on any atom is -0.357 e. The van der Waals surface area contributed by atoms with Gasteiger partial charge >= 0.3 is 0 Å². The first-order valence-electron chi connectivity index (χ1n) is 10.3. The number of halogens is 1. The smallest absolute Gasteiger partial charge is 0.227 e. The van der Waals surface area contributed by atoms with Gasteiger partial charge in [0.05, 0.1) is 17.4 Å². The summed E-state index contributed by atoms with van der Waals surface area (Å²) in [4.78, 5) is 28.2. The van der Waals surface area contributed by atoms with Crippen LogP contribution in [-0.2, 0) is 9.59 Å². The second-order valence-electron chi connectivity index (χ2n) is 7.63. The highest BCUT2D eigenvalue weighted by molar-refractivity contribution is 6.06. The van der Waals surface area contributed by atoms with Crippen LogP contribution in [-0.4, -0.2) is 11.7 Å². The third-order valence-electron chi connectivity index (χ3n) is 5.64. The number of Topliss-reactive ketones (excluding diaryl/α,β-unsaturated/α-hetero) is 1. The SMILES string of the molecule is CCCCC(=O)N1c2ccccc2NC2=C(C(=O)CCC2)C1c1ccc(F)cc1. The van der Waals surface area contributed by atoms with E-state index in [2.05, 4.69) is 5.32 Å². The normalized spacial score (nSPS) is 18.6. The van der Waals surface area contributed by atoms with Gasteiger partial charge in [0.15, 0.2) is 5.78 Å². The number of hydrogen-bond donors (Lipinski definition) is 1. The summed E-state index contributed by atoms with van der Waals surface area (Å²) in [5.41, 5.74) is 3.82. The second-order valence-corrected chi connectivity index (χ2v) is 7.63. The third kappa shape index (κ3) is 3.69. The molecule has 1 aliphatic carbocycles. The van der Waals surface area contributed by atoms with Crippen LogP contribution in [0.15, 0.2) is 59.8 Å². The van der Waals surface area contributed by atoms with E-state index >= 15 is 0 Å². The maximum absolute atomic E-state index is 13.6. The van der Waals surface area contributed by atoms with E-state index in [-0.39, 0.29) is 17.5 Å². The third-order valence-corrected chi connectivity index (χ3v) is 5.64. The fraction of sp³-hybridized carbons (Fsp3) is 0.333. The van der Waals surface area contributed by atoms with Crippen LogP contribution >= 0.6 is 0 Å². The summed E-state index contributed by atoms with van der Waals surface area (Å²) in [6.07, 6.45) is 4.09. The first-order chi connectivity index (χ1) is 14.1. The van der Waals surface area contributed by atoms with Gasteiger partial charge < -0.3 is 5.32 Å². The number of hydrogen-bond acceptors (Lipinski definition) is 3. The zero-order valence-electron chi connectivity index (χ0n) is 16.6. The molecule has 0 fully saturated rings. The van der Waals surface area contributed by atoms with Gasteiger partial charge in [0, 0.05) is 24.1 Å². The molecule has 1 unspecified atom stereocenters. The highest BCUT2D eigenvalue weighted by Crippen LogP contribution is 2.45. The number of nitrogens with zero attached hydrogens (tertiary/aromatic N) is 1. The number of allylic oxidation sites excluding steroid dienone is 1. The van der Waals surface area contributed by atoms with Crippen LogP contribution in [0.25, 0.3) is 0 Å². The number of unbranched alkanes of at least 4 members (excludes halogenated alkanes) is 1. The van der Waals surface area contributed by atoms with Gasteiger partial charge in [-0.3, -0.25) is 14.5 Å². The van der Waals surface area contributed by atoms with Gasteiger partial charge in [-0.05, 0) is 49.1 Å². The average Bonchev–Trinajstić information content (AvgIpc) is 2.87. The Balaban J connectivity index is 1.94. The van der Waals surface area contributed by atoms with Crippen molar-refractivity contribution in [2.45, 2.75) is 51.5 Å². The van der Waals surface area contributed by atoms with Crippen LogP contribution in [0, 0.1) is 5.82 Å². The Morgan fingerprint density at radius 3 is 2.66 bits per heavy atom. The molecule has 4 rings (SSSR count). The van der Waals surface area contributed by atoms with E-state index in [0.29, 0.717) is 18.4 Å². The molecule has 2 aromatic carbocycles. The molecule has 1 aliphatic heterocycles. The standard InChI is InChI=1S/C24H25FN2O2/c1-2-3-11-22(29)27-20-9-5-4-7-18(20)26-19-8-6-10-21(28)23(19)24(27)16-12-14-17(25)15-13-16/h4-5,7,9,12-15,24,26H,2-3,6,8,10-11H2,1H3. The van der Waals surface area contributed by atoms with Crippen LogP contribution in [0.4, 0.5) is 15.8 Å². The molecule has 0 spiro atoms. The molecule has 0 saturated carbocycles. The topological polar surface area (TPSA) is 49.4 Å². The molecule has 0 aromatic heterocycles. The maximum Gasteiger partial charge on any atom is 0.227 e. The summed E-state index contributed by atoms with van der Waals surface area (Å²) in [5, 5.41) is 3.43. The van der Waals surface area contributed by atoms with Crippen LogP contribution in [0.1, 0.15) is 57.1 Å². The molecule has 0 saturated heterocycles. The monoisotopic (exact) mass is 392 g/mol. The van der Waals surface area contributed by atoms with E-state index in [1.807, 2.05) is 31.2 Å². The number of nitrogens with one attached hydrogen (secondary N) is 1. The molecule has 2 aliphatic rings. The number of para-hydroxylation sites is 2. The Morgan fingerprint density at radius 2 is 1.90 bits per heavy atom. The molecule has 2 aromatic rings. The number of carbonyl (C=O) groups excluding carboxylic acids is 2. The van der Waals surface area contributed by atoms with Crippen molar-refractivity contribution < 1.29 is 14.0 Å². The van der Waals surface area contributed by atoms with Gasteiger partial charge in [0.1, 0.15) is 5.82 Å². The molecule has 1 atom stereocenters. The molecular weight excluding hydrogens is 367 g/mol. The summed E-state index contributed by atoms with van der Waals surface area (Å²) in [6, 6.07) is 13.2. The summed E-state index contributed by atoms with van der Waals surface area (Å²) in [5.74, 6) is -0.314. The lowest BCUT2D eigenvalue weighted by Gasteiger charge is -2.34. The first-order valence-corrected chi connectivity index (χ1v) is 10.3. The van der Waals surface area contributed by atoms with Crippen molar-refractivity contribution in [2.24, 2.45) is 0 Å². The van der Waals surface area contributed by atoms with Gasteiger partial charge in [-0.2, -0.15) is 0 Å². The Bertz CT molecular complexity index is 965. The predicted octanol–water partition coefficient (Wildman–Crippen LogP) is 5.52. The summed E-state index contributed by atoms with van der Waals surface area (Å²) in [6.45, 7) is 2.05. The van der Waals surface area contributed by atoms with Crippen molar-refractivity contribution >= 4 is 23.1 Å². The largest absolute Gasteiger partial charge is 0.357 e. The van der Waals surface area contributed by atoms with Gasteiger partial charge in [-0.1, -0.05) is 37.6 Å². The van der Waals surface area contributed by atoms with E-state index in [4.69, 9.17) is 0 Å². The summed E-state index contributed by atoms with van der Waals surface area (Å²) >= 11 is 0. The number of amides is 1. The summed E-state index contributed by atoms with van der Waals surface area (Å²) in [7, 11) is 0. The minimum absolute atomic E-state index is 0.0254. The average molecular weight is 392 g/mol. The molecule has 1 amide bonds. The highest BCUT2D eigenvalue weighted by atomic mass is 19.1. The quantitative estimate of drug-likeness (QED) is 0.745. The Hall–Kier alpha value is -2.95. The van der Waals surface area contributed by atoms with Crippen LogP contribution < -0.4 is 10.2 Å². The number of carbonyl (C=O) groups is 2. The first kappa shape index (κ1) is 19.4. The molecule has 1 N–H and O–H groups in total. The molecule has 4 nitrogen and oxygen atoms in total. The number of rotatable bonds is 4. The number of benzene rings is 2. The lowest BCUT2D eigenvalue weighted by atomic mass is 9.85. The number of anilines is 2. The van der Waals surface area contributed by atoms with Crippen molar-refractivity contribution in [3.63, 3.8) is 0 Å². The molecule has 150 valence electrons. The molecule has 5 heteroatoms. The number of ketones is 1. The van der Waals surface area contributed by atoms with Gasteiger partial charge in [-0.15, -0.1) is 0 Å². The predicted molar refractivity (Wildman–Crippen MR) is 112 cm³/mol. The number of fused-ring (bicyclic) bond motifs is 1. The van der Waals surface area contributed by atoms with Crippen LogP contribution in [0.3, 0.4) is 0 Å². The Kier molecular flexibility index (Phi) is 5.47. The van der Waals surface area contributed by atoms with Crippen molar-refractivity contribution in [3.05, 3.63) is 71.2 Å². The van der Waals surface area contributed by atoms with Gasteiger partial charge in [0.25, 0.3) is 0 Å². The van der Waals surface area contributed by atoms with Crippen LogP contribution in [0.5, 0.6) is 0 Å². The lowest BCUT2D eigenvalue weighted by Crippen LogP contribution is -2.38. The van der Waals surface area contributed by atoms with Crippen molar-refractivity contribution in [1.82, 2.24) is 0 Å². The van der Waals surface area contributed by atoms with Gasteiger partial charge in [0.2, 0.25) is 5.91 Å². The Morgan fingerprint density at radius 1 is 1.14 bits per heavy atom. The maximum atomic E-state index is 13.6. The van der Waals surface area contributed by atoms with Gasteiger partial charge in [-0.25, -0.2) is 4.39 Å². The second kappa shape index (κ2) is 8.19. The molecule has 29 heavy (non-hydrogen) atoms. The van der Waals surface area contributed by atoms with Crippen molar-refractivity contribution in [1.29, 1.82) is 0 Å². The summed E-state index contributed by atoms with van der Waals surface area (Å²) < 4.78 is 13.6.